The molecule has 1 amide bonds. The van der Waals surface area contributed by atoms with Gasteiger partial charge in [-0.1, -0.05) is 0 Å². The van der Waals surface area contributed by atoms with Crippen molar-refractivity contribution in [2.75, 3.05) is 12.4 Å². The Morgan fingerprint density at radius 3 is 2.84 bits per heavy atom. The van der Waals surface area contributed by atoms with Crippen molar-refractivity contribution in [1.29, 1.82) is 0 Å². The molecule has 100 valence electrons. The lowest BCUT2D eigenvalue weighted by Crippen LogP contribution is -2.18. The molecule has 0 aromatic heterocycles. The first-order chi connectivity index (χ1) is 9.11. The molecule has 0 radical (unpaired) electrons. The number of halogens is 1. The molecule has 1 aromatic rings. The lowest BCUT2D eigenvalue weighted by Gasteiger charge is -2.24. The van der Waals surface area contributed by atoms with E-state index in [0.29, 0.717) is 12.1 Å². The van der Waals surface area contributed by atoms with Crippen LogP contribution in [-0.2, 0) is 11.3 Å². The van der Waals surface area contributed by atoms with Crippen LogP contribution in [0.1, 0.15) is 34.3 Å². The number of methoxy groups -OCH3 is 1. The molecular weight excluding hydrogens is 247 g/mol. The molecular formula is C14H15FN2O2. The molecule has 2 N–H and O–H groups in total. The summed E-state index contributed by atoms with van der Waals surface area (Å²) in [6, 6.07) is 1.47. The Hall–Kier alpha value is -2.04. The molecule has 1 aliphatic heterocycles. The van der Waals surface area contributed by atoms with E-state index in [1.54, 1.807) is 7.11 Å². The average molecular weight is 262 g/mol. The van der Waals surface area contributed by atoms with Crippen molar-refractivity contribution in [2.24, 2.45) is 0 Å². The quantitative estimate of drug-likeness (QED) is 0.879. The molecule has 1 heterocycles. The molecule has 1 aliphatic carbocycles. The monoisotopic (exact) mass is 262 g/mol. The summed E-state index contributed by atoms with van der Waals surface area (Å²) in [5.41, 5.74) is 3.21. The summed E-state index contributed by atoms with van der Waals surface area (Å²) in [4.78, 5) is 11.9. The van der Waals surface area contributed by atoms with Gasteiger partial charge in [-0.25, -0.2) is 4.39 Å². The standard InChI is InChI=1S/C14H15FN2O2/c1-7-5-9(15)13(12-8(7)6-16-14(12)18)17-10-3-4-11(10)19-2/h5,17H,3-4,6H2,1-2H3,(H,16,18). The molecule has 19 heavy (non-hydrogen) atoms. The lowest BCUT2D eigenvalue weighted by atomic mass is 9.99. The molecule has 5 heteroatoms. The lowest BCUT2D eigenvalue weighted by molar-refractivity contribution is 0.0966. The maximum atomic E-state index is 14.1. The van der Waals surface area contributed by atoms with E-state index in [1.807, 2.05) is 6.92 Å². The summed E-state index contributed by atoms with van der Waals surface area (Å²) in [6.45, 7) is 2.28. The number of ether oxygens (including phenoxy) is 1. The Morgan fingerprint density at radius 2 is 2.21 bits per heavy atom. The van der Waals surface area contributed by atoms with Crippen molar-refractivity contribution in [1.82, 2.24) is 5.32 Å². The van der Waals surface area contributed by atoms with E-state index in [4.69, 9.17) is 4.74 Å². The average Bonchev–Trinajstić information content (AvgIpc) is 2.71. The first kappa shape index (κ1) is 12.0. The molecule has 1 aromatic carbocycles. The number of fused-ring (bicyclic) bond motifs is 1. The van der Waals surface area contributed by atoms with Gasteiger partial charge >= 0.3 is 0 Å². The fraction of sp³-hybridized carbons (Fsp3) is 0.357. The van der Waals surface area contributed by atoms with E-state index >= 15 is 0 Å². The highest BCUT2D eigenvalue weighted by molar-refractivity contribution is 6.04. The zero-order chi connectivity index (χ0) is 13.6. The van der Waals surface area contributed by atoms with Gasteiger partial charge in [0.15, 0.2) is 0 Å². The molecule has 3 rings (SSSR count). The maximum Gasteiger partial charge on any atom is 0.254 e. The third-order valence-electron chi connectivity index (χ3n) is 3.72. The van der Waals surface area contributed by atoms with Crippen LogP contribution >= 0.6 is 0 Å². The van der Waals surface area contributed by atoms with Crippen molar-refractivity contribution in [3.05, 3.63) is 40.0 Å². The van der Waals surface area contributed by atoms with E-state index in [0.717, 1.165) is 35.4 Å². The van der Waals surface area contributed by atoms with Gasteiger partial charge in [-0.3, -0.25) is 4.79 Å². The molecule has 0 atom stereocenters. The van der Waals surface area contributed by atoms with E-state index in [1.165, 1.54) is 6.07 Å². The number of amides is 1. The first-order valence-corrected chi connectivity index (χ1v) is 6.25. The minimum absolute atomic E-state index is 0.223. The summed E-state index contributed by atoms with van der Waals surface area (Å²) in [6.07, 6.45) is 1.66. The molecule has 0 fully saturated rings. The van der Waals surface area contributed by atoms with Crippen LogP contribution in [-0.4, -0.2) is 13.0 Å². The Labute approximate surface area is 110 Å². The van der Waals surface area contributed by atoms with Crippen molar-refractivity contribution >= 4 is 11.6 Å². The molecule has 4 nitrogen and oxygen atoms in total. The normalized spacial score (nSPS) is 16.9. The van der Waals surface area contributed by atoms with Crippen LogP contribution in [0.2, 0.25) is 0 Å². The molecule has 0 saturated heterocycles. The summed E-state index contributed by atoms with van der Waals surface area (Å²) < 4.78 is 19.3. The second kappa shape index (κ2) is 4.26. The van der Waals surface area contributed by atoms with Crippen LogP contribution in [0.4, 0.5) is 10.1 Å². The fourth-order valence-electron chi connectivity index (χ4n) is 2.53. The van der Waals surface area contributed by atoms with Gasteiger partial charge in [0.2, 0.25) is 0 Å². The van der Waals surface area contributed by atoms with Crippen LogP contribution in [0.15, 0.2) is 17.5 Å². The van der Waals surface area contributed by atoms with Crippen LogP contribution in [0.5, 0.6) is 0 Å². The molecule has 0 spiro atoms. The zero-order valence-corrected chi connectivity index (χ0v) is 10.9. The Bertz CT molecular complexity index is 608. The van der Waals surface area contributed by atoms with Crippen molar-refractivity contribution in [3.63, 3.8) is 0 Å². The number of anilines is 1. The third-order valence-corrected chi connectivity index (χ3v) is 3.72. The Morgan fingerprint density at radius 1 is 1.42 bits per heavy atom. The smallest absolute Gasteiger partial charge is 0.254 e. The van der Waals surface area contributed by atoms with Gasteiger partial charge in [-0.05, 0) is 30.5 Å². The summed E-state index contributed by atoms with van der Waals surface area (Å²) in [5, 5.41) is 5.76. The van der Waals surface area contributed by atoms with Gasteiger partial charge in [0.25, 0.3) is 5.91 Å². The second-order valence-electron chi connectivity index (χ2n) is 4.82. The number of allylic oxidation sites excluding steroid dienone is 2. The highest BCUT2D eigenvalue weighted by Crippen LogP contribution is 2.35. The number of nitrogens with one attached hydrogen (secondary N) is 2. The topological polar surface area (TPSA) is 50.4 Å². The minimum atomic E-state index is -0.400. The Kier molecular flexibility index (Phi) is 2.69. The van der Waals surface area contributed by atoms with Gasteiger partial charge in [0.05, 0.1) is 24.1 Å². The SMILES string of the molecule is COC1=C(Nc2c(F)cc(C)c3c2C(=O)NC3)CC1. The second-order valence-corrected chi connectivity index (χ2v) is 4.82. The number of carbonyl (C=O) groups is 1. The third kappa shape index (κ3) is 1.77. The number of aryl methyl sites for hydroxylation is 1. The van der Waals surface area contributed by atoms with E-state index in [2.05, 4.69) is 10.6 Å². The highest BCUT2D eigenvalue weighted by atomic mass is 19.1. The minimum Gasteiger partial charge on any atom is -0.499 e. The number of carbonyl (C=O) groups excluding carboxylic acids is 1. The molecule has 0 bridgehead atoms. The van der Waals surface area contributed by atoms with E-state index < -0.39 is 5.82 Å². The molecule has 0 saturated carbocycles. The molecule has 2 aliphatic rings. The first-order valence-electron chi connectivity index (χ1n) is 6.25. The van der Waals surface area contributed by atoms with Gasteiger partial charge in [-0.15, -0.1) is 0 Å². The summed E-state index contributed by atoms with van der Waals surface area (Å²) in [7, 11) is 1.60. The zero-order valence-electron chi connectivity index (χ0n) is 10.9. The van der Waals surface area contributed by atoms with E-state index in [9.17, 15) is 9.18 Å². The predicted octanol–water partition coefficient (Wildman–Crippen LogP) is 2.44. The van der Waals surface area contributed by atoms with Crippen LogP contribution in [0, 0.1) is 12.7 Å². The molecule has 0 unspecified atom stereocenters. The van der Waals surface area contributed by atoms with Crippen molar-refractivity contribution in [2.45, 2.75) is 26.3 Å². The van der Waals surface area contributed by atoms with Gasteiger partial charge in [-0.2, -0.15) is 0 Å². The van der Waals surface area contributed by atoms with Crippen molar-refractivity contribution in [3.8, 4) is 0 Å². The van der Waals surface area contributed by atoms with Gasteiger partial charge in [0, 0.05) is 13.0 Å². The number of hydrogen-bond donors (Lipinski definition) is 2. The van der Waals surface area contributed by atoms with Crippen molar-refractivity contribution < 1.29 is 13.9 Å². The van der Waals surface area contributed by atoms with Gasteiger partial charge in [0.1, 0.15) is 11.6 Å². The highest BCUT2D eigenvalue weighted by Gasteiger charge is 2.29. The predicted molar refractivity (Wildman–Crippen MR) is 69.2 cm³/mol. The summed E-state index contributed by atoms with van der Waals surface area (Å²) >= 11 is 0. The van der Waals surface area contributed by atoms with E-state index in [-0.39, 0.29) is 11.6 Å². The number of benzene rings is 1. The fourth-order valence-corrected chi connectivity index (χ4v) is 2.53. The number of rotatable bonds is 3. The largest absolute Gasteiger partial charge is 0.499 e. The summed E-state index contributed by atoms with van der Waals surface area (Å²) in [5.74, 6) is 0.203. The van der Waals surface area contributed by atoms with Crippen LogP contribution in [0.3, 0.4) is 0 Å². The van der Waals surface area contributed by atoms with Gasteiger partial charge < -0.3 is 15.4 Å². The number of hydrogen-bond acceptors (Lipinski definition) is 3. The Balaban J connectivity index is 2.07. The van der Waals surface area contributed by atoms with Crippen LogP contribution in [0.25, 0.3) is 0 Å². The van der Waals surface area contributed by atoms with Crippen LogP contribution < -0.4 is 10.6 Å². The maximum absolute atomic E-state index is 14.1.